The van der Waals surface area contributed by atoms with Gasteiger partial charge in [0.1, 0.15) is 5.78 Å². The van der Waals surface area contributed by atoms with E-state index in [4.69, 9.17) is 0 Å². The van der Waals surface area contributed by atoms with Gasteiger partial charge in [-0.25, -0.2) is 0 Å². The summed E-state index contributed by atoms with van der Waals surface area (Å²) in [5.74, 6) is 2.31. The van der Waals surface area contributed by atoms with Gasteiger partial charge in [0, 0.05) is 12.3 Å². The number of carbonyl (C=O) groups excluding carboxylic acids is 1. The van der Waals surface area contributed by atoms with Crippen molar-refractivity contribution < 1.29 is 4.79 Å². The van der Waals surface area contributed by atoms with Crippen LogP contribution in [-0.2, 0) is 11.2 Å². The second kappa shape index (κ2) is 6.88. The van der Waals surface area contributed by atoms with E-state index in [1.165, 1.54) is 12.0 Å². The minimum Gasteiger partial charge on any atom is -0.299 e. The summed E-state index contributed by atoms with van der Waals surface area (Å²) in [5, 5.41) is 0. The number of ketones is 1. The Kier molecular flexibility index (Phi) is 5.18. The van der Waals surface area contributed by atoms with Crippen LogP contribution >= 0.6 is 0 Å². The van der Waals surface area contributed by atoms with Crippen molar-refractivity contribution in [2.75, 3.05) is 0 Å². The van der Waals surface area contributed by atoms with E-state index in [0.717, 1.165) is 43.9 Å². The molecule has 1 aliphatic rings. The first-order chi connectivity index (χ1) is 9.15. The summed E-state index contributed by atoms with van der Waals surface area (Å²) in [5.41, 5.74) is 1.35. The summed E-state index contributed by atoms with van der Waals surface area (Å²) < 4.78 is 0. The molecule has 1 heteroatoms. The number of benzene rings is 1. The van der Waals surface area contributed by atoms with Crippen molar-refractivity contribution in [3.8, 4) is 0 Å². The summed E-state index contributed by atoms with van der Waals surface area (Å²) in [6.45, 7) is 4.58. The van der Waals surface area contributed by atoms with E-state index in [1.54, 1.807) is 0 Å². The minimum absolute atomic E-state index is 0.342. The lowest BCUT2D eigenvalue weighted by molar-refractivity contribution is -0.124. The monoisotopic (exact) mass is 258 g/mol. The quantitative estimate of drug-likeness (QED) is 0.751. The van der Waals surface area contributed by atoms with Gasteiger partial charge in [-0.15, -0.1) is 0 Å². The van der Waals surface area contributed by atoms with E-state index in [-0.39, 0.29) is 0 Å². The number of aryl methyl sites for hydroxylation is 1. The highest BCUT2D eigenvalue weighted by atomic mass is 16.1. The number of hydrogen-bond acceptors (Lipinski definition) is 1. The topological polar surface area (TPSA) is 17.1 Å². The van der Waals surface area contributed by atoms with E-state index in [2.05, 4.69) is 38.1 Å². The van der Waals surface area contributed by atoms with Crippen molar-refractivity contribution in [3.63, 3.8) is 0 Å². The molecular weight excluding hydrogens is 232 g/mol. The predicted octanol–water partition coefficient (Wildman–Crippen LogP) is 4.65. The fraction of sp³-hybridized carbons (Fsp3) is 0.611. The van der Waals surface area contributed by atoms with Gasteiger partial charge in [-0.3, -0.25) is 4.79 Å². The summed E-state index contributed by atoms with van der Waals surface area (Å²) in [6.07, 6.45) is 6.34. The van der Waals surface area contributed by atoms with E-state index in [0.29, 0.717) is 11.7 Å². The minimum atomic E-state index is 0.342. The van der Waals surface area contributed by atoms with Gasteiger partial charge in [-0.1, -0.05) is 44.2 Å². The van der Waals surface area contributed by atoms with Crippen molar-refractivity contribution in [1.82, 2.24) is 0 Å². The number of hydrogen-bond donors (Lipinski definition) is 0. The average molecular weight is 258 g/mol. The molecule has 0 saturated heterocycles. The van der Waals surface area contributed by atoms with Crippen LogP contribution in [0.15, 0.2) is 30.3 Å². The zero-order chi connectivity index (χ0) is 13.7. The van der Waals surface area contributed by atoms with Crippen LogP contribution in [0.25, 0.3) is 0 Å². The molecule has 0 bridgehead atoms. The molecule has 1 nitrogen and oxygen atoms in total. The third kappa shape index (κ3) is 4.49. The normalized spacial score (nSPS) is 27.2. The molecule has 104 valence electrons. The molecule has 0 aliphatic heterocycles. The fourth-order valence-corrected chi connectivity index (χ4v) is 3.53. The fourth-order valence-electron chi connectivity index (χ4n) is 3.53. The van der Waals surface area contributed by atoms with Crippen molar-refractivity contribution in [2.45, 2.75) is 52.4 Å². The molecule has 2 rings (SSSR count). The smallest absolute Gasteiger partial charge is 0.136 e. The molecule has 0 radical (unpaired) electrons. The lowest BCUT2D eigenvalue weighted by Gasteiger charge is -2.30. The summed E-state index contributed by atoms with van der Waals surface area (Å²) >= 11 is 0. The Bertz CT molecular complexity index is 385. The Hall–Kier alpha value is -1.11. The lowest BCUT2D eigenvalue weighted by Crippen LogP contribution is -2.26. The standard InChI is InChI=1S/C18H26O/c1-14-11-15(2)13-17(12-14)18(19)10-6-9-16-7-4-3-5-8-16/h3-5,7-8,14-15,17H,6,9-13H2,1-2H3. The van der Waals surface area contributed by atoms with Gasteiger partial charge in [0.25, 0.3) is 0 Å². The molecule has 0 N–H and O–H groups in total. The Balaban J connectivity index is 1.75. The Morgan fingerprint density at radius 2 is 1.68 bits per heavy atom. The Morgan fingerprint density at radius 1 is 1.05 bits per heavy atom. The van der Waals surface area contributed by atoms with Crippen molar-refractivity contribution in [3.05, 3.63) is 35.9 Å². The zero-order valence-corrected chi connectivity index (χ0v) is 12.3. The molecule has 0 amide bonds. The van der Waals surface area contributed by atoms with Gasteiger partial charge in [0.05, 0.1) is 0 Å². The Morgan fingerprint density at radius 3 is 2.32 bits per heavy atom. The molecule has 1 aromatic rings. The molecule has 1 aliphatic carbocycles. The van der Waals surface area contributed by atoms with Gasteiger partial charge in [-0.2, -0.15) is 0 Å². The van der Waals surface area contributed by atoms with Crippen LogP contribution in [0.1, 0.15) is 51.5 Å². The molecule has 2 unspecified atom stereocenters. The van der Waals surface area contributed by atoms with Crippen LogP contribution in [0.3, 0.4) is 0 Å². The third-order valence-electron chi connectivity index (χ3n) is 4.37. The van der Waals surface area contributed by atoms with E-state index in [9.17, 15) is 4.79 Å². The van der Waals surface area contributed by atoms with Crippen LogP contribution in [-0.4, -0.2) is 5.78 Å². The largest absolute Gasteiger partial charge is 0.299 e. The van der Waals surface area contributed by atoms with Crippen LogP contribution in [0.2, 0.25) is 0 Å². The first-order valence-electron chi connectivity index (χ1n) is 7.71. The van der Waals surface area contributed by atoms with Gasteiger partial charge in [0.2, 0.25) is 0 Å². The van der Waals surface area contributed by atoms with Crippen molar-refractivity contribution >= 4 is 5.78 Å². The summed E-state index contributed by atoms with van der Waals surface area (Å²) in [4.78, 5) is 12.3. The number of carbonyl (C=O) groups is 1. The molecule has 2 atom stereocenters. The molecule has 1 saturated carbocycles. The van der Waals surface area contributed by atoms with E-state index < -0.39 is 0 Å². The van der Waals surface area contributed by atoms with Crippen molar-refractivity contribution in [2.24, 2.45) is 17.8 Å². The van der Waals surface area contributed by atoms with Gasteiger partial charge in [0.15, 0.2) is 0 Å². The SMILES string of the molecule is CC1CC(C)CC(C(=O)CCCc2ccccc2)C1. The summed E-state index contributed by atoms with van der Waals surface area (Å²) in [7, 11) is 0. The molecule has 1 aromatic carbocycles. The van der Waals surface area contributed by atoms with E-state index in [1.807, 2.05) is 6.07 Å². The van der Waals surface area contributed by atoms with Gasteiger partial charge < -0.3 is 0 Å². The van der Waals surface area contributed by atoms with Crippen molar-refractivity contribution in [1.29, 1.82) is 0 Å². The lowest BCUT2D eigenvalue weighted by atomic mass is 9.74. The number of rotatable bonds is 5. The molecule has 1 fully saturated rings. The maximum absolute atomic E-state index is 12.3. The van der Waals surface area contributed by atoms with Crippen LogP contribution in [0.5, 0.6) is 0 Å². The summed E-state index contributed by atoms with van der Waals surface area (Å²) in [6, 6.07) is 10.5. The number of Topliss-reactive ketones (excluding diaryl/α,β-unsaturated/α-hetero) is 1. The predicted molar refractivity (Wildman–Crippen MR) is 80.1 cm³/mol. The highest BCUT2D eigenvalue weighted by Crippen LogP contribution is 2.34. The molecule has 0 heterocycles. The van der Waals surface area contributed by atoms with Crippen LogP contribution in [0.4, 0.5) is 0 Å². The molecule has 19 heavy (non-hydrogen) atoms. The first-order valence-corrected chi connectivity index (χ1v) is 7.71. The van der Waals surface area contributed by atoms with Gasteiger partial charge in [-0.05, 0) is 49.5 Å². The highest BCUT2D eigenvalue weighted by molar-refractivity contribution is 5.81. The Labute approximate surface area is 117 Å². The maximum atomic E-state index is 12.3. The first kappa shape index (κ1) is 14.3. The van der Waals surface area contributed by atoms with E-state index >= 15 is 0 Å². The molecule has 0 spiro atoms. The average Bonchev–Trinajstić information content (AvgIpc) is 2.38. The second-order valence-electron chi connectivity index (χ2n) is 6.42. The molecule has 0 aromatic heterocycles. The van der Waals surface area contributed by atoms with Gasteiger partial charge >= 0.3 is 0 Å². The third-order valence-corrected chi connectivity index (χ3v) is 4.37. The zero-order valence-electron chi connectivity index (χ0n) is 12.3. The highest BCUT2D eigenvalue weighted by Gasteiger charge is 2.28. The second-order valence-corrected chi connectivity index (χ2v) is 6.42. The molecular formula is C18H26O. The van der Waals surface area contributed by atoms with Crippen LogP contribution < -0.4 is 0 Å². The maximum Gasteiger partial charge on any atom is 0.136 e. The van der Waals surface area contributed by atoms with Crippen LogP contribution in [0, 0.1) is 17.8 Å².